The highest BCUT2D eigenvalue weighted by Gasteiger charge is 2.31. The summed E-state index contributed by atoms with van der Waals surface area (Å²) in [5, 5.41) is 0.761. The Morgan fingerprint density at radius 1 is 1.36 bits per heavy atom. The Balaban J connectivity index is 1.82. The molecule has 2 aliphatic rings. The molecular formula is C16H23N3O2S. The second-order valence-electron chi connectivity index (χ2n) is 7.14. The number of carbonyl (C=O) groups excluding carboxylic acids is 1. The second-order valence-corrected chi connectivity index (χ2v) is 8.13. The maximum Gasteiger partial charge on any atom is 0.254 e. The van der Waals surface area contributed by atoms with Crippen LogP contribution in [0.5, 0.6) is 0 Å². The first-order chi connectivity index (χ1) is 10.4. The minimum atomic E-state index is -0.140. The Morgan fingerprint density at radius 3 is 2.68 bits per heavy atom. The number of carbonyl (C=O) groups is 1. The summed E-state index contributed by atoms with van der Waals surface area (Å²) >= 11 is 1.59. The van der Waals surface area contributed by atoms with Crippen LogP contribution >= 0.6 is 11.8 Å². The van der Waals surface area contributed by atoms with Gasteiger partial charge in [0.15, 0.2) is 5.16 Å². The summed E-state index contributed by atoms with van der Waals surface area (Å²) in [6.07, 6.45) is 2.60. The summed E-state index contributed by atoms with van der Waals surface area (Å²) in [6, 6.07) is 1.57. The molecule has 2 aliphatic heterocycles. The minimum Gasteiger partial charge on any atom is -0.343 e. The van der Waals surface area contributed by atoms with E-state index in [1.807, 2.05) is 4.90 Å². The number of hydrogen-bond acceptors (Lipinski definition) is 4. The molecule has 0 N–H and O–H groups in total. The van der Waals surface area contributed by atoms with Crippen LogP contribution in [0.4, 0.5) is 0 Å². The van der Waals surface area contributed by atoms with Crippen LogP contribution in [-0.2, 0) is 10.2 Å². The molecule has 3 rings (SSSR count). The molecule has 1 aromatic rings. The second kappa shape index (κ2) is 5.72. The third-order valence-corrected chi connectivity index (χ3v) is 5.42. The van der Waals surface area contributed by atoms with Gasteiger partial charge in [-0.2, -0.15) is 0 Å². The topological polar surface area (TPSA) is 55.2 Å². The molecule has 0 aromatic carbocycles. The van der Waals surface area contributed by atoms with Crippen LogP contribution in [0.3, 0.4) is 0 Å². The van der Waals surface area contributed by atoms with E-state index in [4.69, 9.17) is 0 Å². The molecule has 1 atom stereocenters. The average Bonchev–Trinajstić information content (AvgIpc) is 3.07. The number of rotatable bonds is 2. The predicted molar refractivity (Wildman–Crippen MR) is 87.4 cm³/mol. The molecule has 1 saturated heterocycles. The molecule has 5 nitrogen and oxygen atoms in total. The molecule has 0 spiro atoms. The van der Waals surface area contributed by atoms with E-state index in [9.17, 15) is 9.59 Å². The van der Waals surface area contributed by atoms with E-state index in [2.05, 4.69) is 25.8 Å². The molecule has 1 unspecified atom stereocenters. The van der Waals surface area contributed by atoms with Gasteiger partial charge in [-0.05, 0) is 12.8 Å². The maximum atomic E-state index is 12.5. The van der Waals surface area contributed by atoms with Crippen molar-refractivity contribution in [3.63, 3.8) is 0 Å². The summed E-state index contributed by atoms with van der Waals surface area (Å²) in [6.45, 7) is 7.89. The average molecular weight is 321 g/mol. The van der Waals surface area contributed by atoms with Crippen molar-refractivity contribution in [3.05, 3.63) is 22.1 Å². The van der Waals surface area contributed by atoms with Crippen molar-refractivity contribution in [2.75, 3.05) is 18.8 Å². The van der Waals surface area contributed by atoms with Gasteiger partial charge in [0.25, 0.3) is 5.56 Å². The highest BCUT2D eigenvalue weighted by Crippen LogP contribution is 2.34. The molecule has 6 heteroatoms. The van der Waals surface area contributed by atoms with Gasteiger partial charge in [-0.1, -0.05) is 32.5 Å². The van der Waals surface area contributed by atoms with Crippen LogP contribution in [0, 0.1) is 0 Å². The van der Waals surface area contributed by atoms with Gasteiger partial charge < -0.3 is 4.90 Å². The zero-order valence-electron chi connectivity index (χ0n) is 13.5. The summed E-state index contributed by atoms with van der Waals surface area (Å²) in [5.41, 5.74) is 0.653. The molecule has 0 bridgehead atoms. The summed E-state index contributed by atoms with van der Waals surface area (Å²) < 4.78 is 1.72. The van der Waals surface area contributed by atoms with Crippen molar-refractivity contribution in [1.29, 1.82) is 0 Å². The Labute approximate surface area is 135 Å². The fourth-order valence-corrected chi connectivity index (χ4v) is 4.13. The molecule has 0 radical (unpaired) electrons. The Hall–Kier alpha value is -1.30. The number of aromatic nitrogens is 2. The molecule has 1 amide bonds. The third kappa shape index (κ3) is 2.93. The lowest BCUT2D eigenvalue weighted by Gasteiger charge is -2.21. The maximum absolute atomic E-state index is 12.5. The van der Waals surface area contributed by atoms with Crippen LogP contribution in [0.1, 0.15) is 51.8 Å². The molecule has 3 heterocycles. The number of amides is 1. The smallest absolute Gasteiger partial charge is 0.254 e. The Morgan fingerprint density at radius 2 is 2.05 bits per heavy atom. The Kier molecular flexibility index (Phi) is 4.05. The van der Waals surface area contributed by atoms with E-state index in [-0.39, 0.29) is 22.9 Å². The van der Waals surface area contributed by atoms with Gasteiger partial charge in [0.2, 0.25) is 5.91 Å². The van der Waals surface area contributed by atoms with Crippen molar-refractivity contribution in [3.8, 4) is 0 Å². The van der Waals surface area contributed by atoms with Crippen molar-refractivity contribution in [1.82, 2.24) is 14.5 Å². The van der Waals surface area contributed by atoms with Gasteiger partial charge in [0.05, 0.1) is 11.7 Å². The van der Waals surface area contributed by atoms with Crippen molar-refractivity contribution in [2.24, 2.45) is 0 Å². The number of hydrogen-bond donors (Lipinski definition) is 0. The number of fused-ring (bicyclic) bond motifs is 1. The van der Waals surface area contributed by atoms with Gasteiger partial charge in [0, 0.05) is 36.7 Å². The summed E-state index contributed by atoms with van der Waals surface area (Å²) in [7, 11) is 0. The monoisotopic (exact) mass is 321 g/mol. The van der Waals surface area contributed by atoms with Crippen molar-refractivity contribution >= 4 is 17.7 Å². The van der Waals surface area contributed by atoms with Gasteiger partial charge >= 0.3 is 0 Å². The number of nitrogens with zero attached hydrogens (tertiary/aromatic N) is 3. The molecule has 120 valence electrons. The molecule has 0 saturated carbocycles. The first-order valence-electron chi connectivity index (χ1n) is 7.91. The molecular weight excluding hydrogens is 298 g/mol. The molecule has 1 aromatic heterocycles. The van der Waals surface area contributed by atoms with E-state index < -0.39 is 0 Å². The van der Waals surface area contributed by atoms with E-state index in [1.54, 1.807) is 22.4 Å². The van der Waals surface area contributed by atoms with Gasteiger partial charge in [-0.25, -0.2) is 4.98 Å². The first-order valence-corrected chi connectivity index (χ1v) is 8.89. The normalized spacial score (nSPS) is 21.2. The molecule has 0 aliphatic carbocycles. The van der Waals surface area contributed by atoms with Gasteiger partial charge in [-0.3, -0.25) is 14.2 Å². The minimum absolute atomic E-state index is 0.0286. The van der Waals surface area contributed by atoms with E-state index >= 15 is 0 Å². The van der Waals surface area contributed by atoms with Gasteiger partial charge in [0.1, 0.15) is 0 Å². The van der Waals surface area contributed by atoms with Crippen molar-refractivity contribution < 1.29 is 4.79 Å². The molecule has 1 fully saturated rings. The standard InChI is InChI=1S/C16H23N3O2S/c1-16(2,3)12-9-14(21)19-11(10-22-15(19)17-12)8-13(20)18-6-4-5-7-18/h9,11H,4-8,10H2,1-3H3. The lowest BCUT2D eigenvalue weighted by Crippen LogP contribution is -2.33. The molecule has 22 heavy (non-hydrogen) atoms. The zero-order chi connectivity index (χ0) is 15.9. The quantitative estimate of drug-likeness (QED) is 0.784. The lowest BCUT2D eigenvalue weighted by molar-refractivity contribution is -0.130. The van der Waals surface area contributed by atoms with E-state index in [0.29, 0.717) is 6.42 Å². The van der Waals surface area contributed by atoms with Crippen LogP contribution < -0.4 is 5.56 Å². The lowest BCUT2D eigenvalue weighted by atomic mass is 9.92. The van der Waals surface area contributed by atoms with Gasteiger partial charge in [-0.15, -0.1) is 0 Å². The SMILES string of the molecule is CC(C)(C)c1cc(=O)n2c(n1)SCC2CC(=O)N1CCCC1. The van der Waals surface area contributed by atoms with Crippen LogP contribution in [0.25, 0.3) is 0 Å². The largest absolute Gasteiger partial charge is 0.343 e. The van der Waals surface area contributed by atoms with Crippen LogP contribution in [0.2, 0.25) is 0 Å². The Bertz CT molecular complexity index is 642. The zero-order valence-corrected chi connectivity index (χ0v) is 14.3. The fraction of sp³-hybridized carbons (Fsp3) is 0.688. The third-order valence-electron chi connectivity index (χ3n) is 4.33. The van der Waals surface area contributed by atoms with Crippen LogP contribution in [0.15, 0.2) is 16.0 Å². The predicted octanol–water partition coefficient (Wildman–Crippen LogP) is 2.20. The first kappa shape index (κ1) is 15.6. The number of thioether (sulfide) groups is 1. The van der Waals surface area contributed by atoms with Crippen LogP contribution in [-0.4, -0.2) is 39.2 Å². The fourth-order valence-electron chi connectivity index (χ4n) is 2.98. The van der Waals surface area contributed by atoms with E-state index in [1.165, 1.54) is 0 Å². The van der Waals surface area contributed by atoms with E-state index in [0.717, 1.165) is 42.5 Å². The summed E-state index contributed by atoms with van der Waals surface area (Å²) in [4.78, 5) is 31.4. The van der Waals surface area contributed by atoms with Crippen molar-refractivity contribution in [2.45, 2.75) is 56.6 Å². The highest BCUT2D eigenvalue weighted by atomic mass is 32.2. The summed E-state index contributed by atoms with van der Waals surface area (Å²) in [5.74, 6) is 0.929. The number of likely N-dealkylation sites (tertiary alicyclic amines) is 1. The highest BCUT2D eigenvalue weighted by molar-refractivity contribution is 7.99.